The van der Waals surface area contributed by atoms with Crippen LogP contribution < -0.4 is 5.32 Å². The van der Waals surface area contributed by atoms with Crippen molar-refractivity contribution in [2.45, 2.75) is 26.7 Å². The second-order valence-electron chi connectivity index (χ2n) is 6.82. The number of likely N-dealkylation sites (tertiary alicyclic amines) is 1. The Labute approximate surface area is 148 Å². The van der Waals surface area contributed by atoms with Gasteiger partial charge in [0.15, 0.2) is 0 Å². The lowest BCUT2D eigenvalue weighted by atomic mass is 9.96. The molecule has 1 aliphatic heterocycles. The van der Waals surface area contributed by atoms with Crippen molar-refractivity contribution >= 4 is 17.5 Å². The van der Waals surface area contributed by atoms with Crippen molar-refractivity contribution in [2.75, 3.05) is 18.4 Å². The molecule has 0 radical (unpaired) electrons. The SMILES string of the molecule is Cc1ccc(NC(=O)C2CCCN(C(=O)c3cccc(C)c3)C2)cc1. The fourth-order valence-electron chi connectivity index (χ4n) is 3.22. The fraction of sp³-hybridized carbons (Fsp3) is 0.333. The molecule has 0 saturated carbocycles. The van der Waals surface area contributed by atoms with E-state index in [0.29, 0.717) is 18.7 Å². The van der Waals surface area contributed by atoms with Crippen LogP contribution in [0.1, 0.15) is 34.3 Å². The lowest BCUT2D eigenvalue weighted by molar-refractivity contribution is -0.121. The van der Waals surface area contributed by atoms with Crippen molar-refractivity contribution in [3.63, 3.8) is 0 Å². The molecule has 0 aromatic heterocycles. The molecule has 130 valence electrons. The molecule has 0 bridgehead atoms. The zero-order valence-corrected chi connectivity index (χ0v) is 14.8. The van der Waals surface area contributed by atoms with Crippen LogP contribution in [0.15, 0.2) is 48.5 Å². The van der Waals surface area contributed by atoms with Crippen LogP contribution in [0.2, 0.25) is 0 Å². The fourth-order valence-corrected chi connectivity index (χ4v) is 3.22. The molecule has 2 aromatic carbocycles. The van der Waals surface area contributed by atoms with Crippen molar-refractivity contribution in [1.82, 2.24) is 4.90 Å². The summed E-state index contributed by atoms with van der Waals surface area (Å²) in [4.78, 5) is 27.1. The molecule has 2 amide bonds. The van der Waals surface area contributed by atoms with Gasteiger partial charge in [0.2, 0.25) is 5.91 Å². The second-order valence-corrected chi connectivity index (χ2v) is 6.82. The Morgan fingerprint density at radius 3 is 2.52 bits per heavy atom. The van der Waals surface area contributed by atoms with E-state index in [-0.39, 0.29) is 17.7 Å². The van der Waals surface area contributed by atoms with E-state index >= 15 is 0 Å². The van der Waals surface area contributed by atoms with Crippen molar-refractivity contribution in [3.05, 3.63) is 65.2 Å². The molecule has 1 N–H and O–H groups in total. The summed E-state index contributed by atoms with van der Waals surface area (Å²) in [6.07, 6.45) is 1.67. The average molecular weight is 336 g/mol. The third-order valence-electron chi connectivity index (χ3n) is 4.66. The van der Waals surface area contributed by atoms with E-state index in [1.54, 1.807) is 4.90 Å². The molecule has 3 rings (SSSR count). The summed E-state index contributed by atoms with van der Waals surface area (Å²) in [6, 6.07) is 15.4. The Balaban J connectivity index is 1.65. The van der Waals surface area contributed by atoms with Crippen molar-refractivity contribution in [1.29, 1.82) is 0 Å². The molecule has 1 heterocycles. The third kappa shape index (κ3) is 4.27. The zero-order valence-electron chi connectivity index (χ0n) is 14.8. The Kier molecular flexibility index (Phi) is 5.17. The smallest absolute Gasteiger partial charge is 0.253 e. The highest BCUT2D eigenvalue weighted by atomic mass is 16.2. The average Bonchev–Trinajstić information content (AvgIpc) is 2.63. The molecule has 1 fully saturated rings. The Morgan fingerprint density at radius 1 is 1.04 bits per heavy atom. The van der Waals surface area contributed by atoms with Gasteiger partial charge in [-0.25, -0.2) is 0 Å². The topological polar surface area (TPSA) is 49.4 Å². The maximum Gasteiger partial charge on any atom is 0.253 e. The van der Waals surface area contributed by atoms with Gasteiger partial charge in [-0.2, -0.15) is 0 Å². The quantitative estimate of drug-likeness (QED) is 0.927. The highest BCUT2D eigenvalue weighted by Crippen LogP contribution is 2.21. The molecule has 2 aromatic rings. The number of rotatable bonds is 3. The zero-order chi connectivity index (χ0) is 17.8. The highest BCUT2D eigenvalue weighted by Gasteiger charge is 2.29. The van der Waals surface area contributed by atoms with Crippen molar-refractivity contribution < 1.29 is 9.59 Å². The van der Waals surface area contributed by atoms with Gasteiger partial charge in [0, 0.05) is 24.3 Å². The minimum atomic E-state index is -0.163. The maximum absolute atomic E-state index is 12.7. The predicted octanol–water partition coefficient (Wildman–Crippen LogP) is 3.79. The molecule has 25 heavy (non-hydrogen) atoms. The van der Waals surface area contributed by atoms with Gasteiger partial charge in [-0.15, -0.1) is 0 Å². The molecular formula is C21H24N2O2. The van der Waals surface area contributed by atoms with E-state index in [0.717, 1.165) is 29.7 Å². The first-order chi connectivity index (χ1) is 12.0. The molecule has 4 heteroatoms. The molecule has 1 saturated heterocycles. The van der Waals surface area contributed by atoms with Gasteiger partial charge in [-0.1, -0.05) is 35.4 Å². The molecule has 1 atom stereocenters. The first-order valence-corrected chi connectivity index (χ1v) is 8.76. The Hall–Kier alpha value is -2.62. The van der Waals surface area contributed by atoms with Gasteiger partial charge in [0.1, 0.15) is 0 Å². The lowest BCUT2D eigenvalue weighted by Crippen LogP contribution is -2.43. The van der Waals surface area contributed by atoms with E-state index < -0.39 is 0 Å². The number of anilines is 1. The molecular weight excluding hydrogens is 312 g/mol. The largest absolute Gasteiger partial charge is 0.338 e. The van der Waals surface area contributed by atoms with Crippen LogP contribution in [-0.4, -0.2) is 29.8 Å². The van der Waals surface area contributed by atoms with Crippen LogP contribution in [0.4, 0.5) is 5.69 Å². The lowest BCUT2D eigenvalue weighted by Gasteiger charge is -2.32. The summed E-state index contributed by atoms with van der Waals surface area (Å²) >= 11 is 0. The first-order valence-electron chi connectivity index (χ1n) is 8.76. The van der Waals surface area contributed by atoms with E-state index in [1.165, 1.54) is 0 Å². The van der Waals surface area contributed by atoms with Gasteiger partial charge < -0.3 is 10.2 Å². The van der Waals surface area contributed by atoms with E-state index in [1.807, 2.05) is 62.4 Å². The molecule has 0 aliphatic carbocycles. The van der Waals surface area contributed by atoms with Crippen LogP contribution in [-0.2, 0) is 4.79 Å². The summed E-state index contributed by atoms with van der Waals surface area (Å²) in [5.41, 5.74) is 3.72. The number of hydrogen-bond acceptors (Lipinski definition) is 2. The summed E-state index contributed by atoms with van der Waals surface area (Å²) in [5, 5.41) is 2.97. The van der Waals surface area contributed by atoms with Crippen LogP contribution in [0.3, 0.4) is 0 Å². The molecule has 4 nitrogen and oxygen atoms in total. The third-order valence-corrected chi connectivity index (χ3v) is 4.66. The van der Waals surface area contributed by atoms with E-state index in [4.69, 9.17) is 0 Å². The number of benzene rings is 2. The number of nitrogens with zero attached hydrogens (tertiary/aromatic N) is 1. The van der Waals surface area contributed by atoms with Gasteiger partial charge in [-0.05, 0) is 51.0 Å². The first kappa shape index (κ1) is 17.2. The predicted molar refractivity (Wildman–Crippen MR) is 99.6 cm³/mol. The van der Waals surface area contributed by atoms with Crippen molar-refractivity contribution in [3.8, 4) is 0 Å². The van der Waals surface area contributed by atoms with E-state index in [9.17, 15) is 9.59 Å². The second kappa shape index (κ2) is 7.51. The van der Waals surface area contributed by atoms with Crippen LogP contribution in [0.5, 0.6) is 0 Å². The number of aryl methyl sites for hydroxylation is 2. The number of hydrogen-bond donors (Lipinski definition) is 1. The number of carbonyl (C=O) groups is 2. The number of amides is 2. The normalized spacial score (nSPS) is 17.2. The number of carbonyl (C=O) groups excluding carboxylic acids is 2. The molecule has 0 spiro atoms. The van der Waals surface area contributed by atoms with Gasteiger partial charge in [-0.3, -0.25) is 9.59 Å². The maximum atomic E-state index is 12.7. The monoisotopic (exact) mass is 336 g/mol. The minimum absolute atomic E-state index is 0.00871. The van der Waals surface area contributed by atoms with Crippen LogP contribution in [0, 0.1) is 19.8 Å². The van der Waals surface area contributed by atoms with Gasteiger partial charge in [0.25, 0.3) is 5.91 Å². The summed E-state index contributed by atoms with van der Waals surface area (Å²) in [7, 11) is 0. The Bertz CT molecular complexity index is 768. The van der Waals surface area contributed by atoms with E-state index in [2.05, 4.69) is 5.32 Å². The number of piperidine rings is 1. The molecule has 1 unspecified atom stereocenters. The number of nitrogens with one attached hydrogen (secondary N) is 1. The Morgan fingerprint density at radius 2 is 1.80 bits per heavy atom. The standard InChI is InChI=1S/C21H24N2O2/c1-15-8-10-19(11-9-15)22-20(24)18-7-4-12-23(14-18)21(25)17-6-3-5-16(2)13-17/h3,5-6,8-11,13,18H,4,7,12,14H2,1-2H3,(H,22,24). The van der Waals surface area contributed by atoms with Crippen LogP contribution >= 0.6 is 0 Å². The van der Waals surface area contributed by atoms with Gasteiger partial charge in [0.05, 0.1) is 5.92 Å². The minimum Gasteiger partial charge on any atom is -0.338 e. The molecule has 1 aliphatic rings. The summed E-state index contributed by atoms with van der Waals surface area (Å²) < 4.78 is 0. The summed E-state index contributed by atoms with van der Waals surface area (Å²) in [6.45, 7) is 5.18. The highest BCUT2D eigenvalue weighted by molar-refractivity contribution is 5.96. The van der Waals surface area contributed by atoms with Gasteiger partial charge >= 0.3 is 0 Å². The van der Waals surface area contributed by atoms with Crippen LogP contribution in [0.25, 0.3) is 0 Å². The van der Waals surface area contributed by atoms with Crippen molar-refractivity contribution in [2.24, 2.45) is 5.92 Å². The summed E-state index contributed by atoms with van der Waals surface area (Å²) in [5.74, 6) is -0.161.